The summed E-state index contributed by atoms with van der Waals surface area (Å²) >= 11 is 0. The predicted molar refractivity (Wildman–Crippen MR) is 66.5 cm³/mol. The van der Waals surface area contributed by atoms with E-state index in [1.165, 1.54) is 24.3 Å². The Hall–Kier alpha value is -1.95. The average molecular weight is 252 g/mol. The van der Waals surface area contributed by atoms with Crippen molar-refractivity contribution in [2.75, 3.05) is 27.2 Å². The van der Waals surface area contributed by atoms with Gasteiger partial charge in [0.25, 0.3) is 5.69 Å². The molecule has 6 nitrogen and oxygen atoms in total. The number of nitro benzene ring substituents is 1. The van der Waals surface area contributed by atoms with Crippen LogP contribution < -0.4 is 0 Å². The minimum absolute atomic E-state index is 0.0424. The molecule has 0 aliphatic carbocycles. The Morgan fingerprint density at radius 1 is 1.33 bits per heavy atom. The summed E-state index contributed by atoms with van der Waals surface area (Å²) in [5.74, 6) is -0.455. The number of rotatable bonds is 6. The Labute approximate surface area is 105 Å². The van der Waals surface area contributed by atoms with Crippen molar-refractivity contribution < 1.29 is 14.5 Å². The van der Waals surface area contributed by atoms with Gasteiger partial charge >= 0.3 is 5.97 Å². The third-order valence-corrected chi connectivity index (χ3v) is 2.30. The van der Waals surface area contributed by atoms with Crippen LogP contribution in [0.1, 0.15) is 16.8 Å². The normalized spacial score (nSPS) is 10.4. The molecular weight excluding hydrogens is 236 g/mol. The molecule has 98 valence electrons. The van der Waals surface area contributed by atoms with Gasteiger partial charge in [-0.2, -0.15) is 0 Å². The van der Waals surface area contributed by atoms with Gasteiger partial charge in [-0.3, -0.25) is 10.1 Å². The summed E-state index contributed by atoms with van der Waals surface area (Å²) in [6.45, 7) is 1.18. The molecule has 0 bridgehead atoms. The number of hydrogen-bond donors (Lipinski definition) is 0. The maximum atomic E-state index is 11.6. The molecule has 18 heavy (non-hydrogen) atoms. The largest absolute Gasteiger partial charge is 0.462 e. The van der Waals surface area contributed by atoms with Crippen LogP contribution in [-0.2, 0) is 4.74 Å². The van der Waals surface area contributed by atoms with Crippen LogP contribution in [0.5, 0.6) is 0 Å². The van der Waals surface area contributed by atoms with E-state index in [-0.39, 0.29) is 5.69 Å². The van der Waals surface area contributed by atoms with Crippen LogP contribution in [0.2, 0.25) is 0 Å². The quantitative estimate of drug-likeness (QED) is 0.333. The molecule has 0 aromatic heterocycles. The summed E-state index contributed by atoms with van der Waals surface area (Å²) in [4.78, 5) is 23.5. The summed E-state index contributed by atoms with van der Waals surface area (Å²) in [5.41, 5.74) is 0.282. The average Bonchev–Trinajstić information content (AvgIpc) is 2.34. The number of nitro groups is 1. The lowest BCUT2D eigenvalue weighted by Crippen LogP contribution is -2.16. The van der Waals surface area contributed by atoms with Crippen molar-refractivity contribution in [3.63, 3.8) is 0 Å². The van der Waals surface area contributed by atoms with Crippen molar-refractivity contribution in [1.82, 2.24) is 4.90 Å². The van der Waals surface area contributed by atoms with E-state index in [1.807, 2.05) is 19.0 Å². The number of nitrogens with zero attached hydrogens (tertiary/aromatic N) is 2. The van der Waals surface area contributed by atoms with Gasteiger partial charge in [0.1, 0.15) is 0 Å². The number of hydrogen-bond acceptors (Lipinski definition) is 5. The second-order valence-corrected chi connectivity index (χ2v) is 4.10. The third kappa shape index (κ3) is 4.50. The van der Waals surface area contributed by atoms with Crippen molar-refractivity contribution in [1.29, 1.82) is 0 Å². The zero-order chi connectivity index (χ0) is 13.5. The zero-order valence-electron chi connectivity index (χ0n) is 10.5. The van der Waals surface area contributed by atoms with Gasteiger partial charge in [-0.15, -0.1) is 0 Å². The fraction of sp³-hybridized carbons (Fsp3) is 0.417. The van der Waals surface area contributed by atoms with E-state index in [1.54, 1.807) is 0 Å². The molecule has 0 amide bonds. The Morgan fingerprint density at radius 2 is 1.94 bits per heavy atom. The number of benzene rings is 1. The smallest absolute Gasteiger partial charge is 0.338 e. The topological polar surface area (TPSA) is 72.7 Å². The number of ether oxygens (including phenoxy) is 1. The van der Waals surface area contributed by atoms with Crippen molar-refractivity contribution in [2.45, 2.75) is 6.42 Å². The fourth-order valence-corrected chi connectivity index (χ4v) is 1.35. The van der Waals surface area contributed by atoms with Gasteiger partial charge in [0.05, 0.1) is 17.1 Å². The maximum Gasteiger partial charge on any atom is 0.338 e. The number of esters is 1. The van der Waals surface area contributed by atoms with Gasteiger partial charge in [0.2, 0.25) is 0 Å². The molecule has 0 spiro atoms. The summed E-state index contributed by atoms with van der Waals surface area (Å²) in [6.07, 6.45) is 0.756. The van der Waals surface area contributed by atoms with E-state index >= 15 is 0 Å². The molecule has 0 radical (unpaired) electrons. The first-order valence-corrected chi connectivity index (χ1v) is 5.57. The number of carbonyl (C=O) groups excluding carboxylic acids is 1. The molecule has 0 fully saturated rings. The van der Waals surface area contributed by atoms with E-state index < -0.39 is 10.9 Å². The van der Waals surface area contributed by atoms with Gasteiger partial charge in [-0.05, 0) is 32.6 Å². The molecule has 0 aliphatic heterocycles. The highest BCUT2D eigenvalue weighted by Crippen LogP contribution is 2.12. The van der Waals surface area contributed by atoms with Crippen molar-refractivity contribution in [3.05, 3.63) is 39.9 Å². The van der Waals surface area contributed by atoms with Crippen molar-refractivity contribution >= 4 is 11.7 Å². The van der Waals surface area contributed by atoms with Crippen LogP contribution in [0.15, 0.2) is 24.3 Å². The molecule has 1 aromatic rings. The highest BCUT2D eigenvalue weighted by Gasteiger charge is 2.10. The Morgan fingerprint density at radius 3 is 2.44 bits per heavy atom. The fourth-order valence-electron chi connectivity index (χ4n) is 1.35. The second kappa shape index (κ2) is 6.70. The number of non-ortho nitro benzene ring substituents is 1. The predicted octanol–water partition coefficient (Wildman–Crippen LogP) is 1.70. The SMILES string of the molecule is CN(C)CCCOC(=O)c1ccc([N+](=O)[O-])cc1. The van der Waals surface area contributed by atoms with Crippen LogP contribution in [0.4, 0.5) is 5.69 Å². The van der Waals surface area contributed by atoms with Crippen molar-refractivity contribution in [2.24, 2.45) is 0 Å². The summed E-state index contributed by atoms with van der Waals surface area (Å²) in [7, 11) is 3.89. The van der Waals surface area contributed by atoms with Crippen LogP contribution in [-0.4, -0.2) is 43.0 Å². The highest BCUT2D eigenvalue weighted by molar-refractivity contribution is 5.89. The van der Waals surface area contributed by atoms with Gasteiger partial charge < -0.3 is 9.64 Å². The van der Waals surface area contributed by atoms with E-state index in [2.05, 4.69) is 0 Å². The lowest BCUT2D eigenvalue weighted by atomic mass is 10.2. The molecular formula is C12H16N2O4. The lowest BCUT2D eigenvalue weighted by Gasteiger charge is -2.09. The Balaban J connectivity index is 2.44. The summed E-state index contributed by atoms with van der Waals surface area (Å²) in [5, 5.41) is 10.4. The van der Waals surface area contributed by atoms with E-state index in [0.29, 0.717) is 12.2 Å². The first-order chi connectivity index (χ1) is 8.50. The minimum atomic E-state index is -0.508. The molecule has 0 atom stereocenters. The van der Waals surface area contributed by atoms with E-state index in [4.69, 9.17) is 4.74 Å². The van der Waals surface area contributed by atoms with E-state index in [9.17, 15) is 14.9 Å². The maximum absolute atomic E-state index is 11.6. The van der Waals surface area contributed by atoms with Crippen LogP contribution in [0.25, 0.3) is 0 Å². The molecule has 0 unspecified atom stereocenters. The molecule has 0 saturated heterocycles. The molecule has 1 aromatic carbocycles. The summed E-state index contributed by atoms with van der Waals surface area (Å²) < 4.78 is 5.04. The van der Waals surface area contributed by atoms with Crippen LogP contribution in [0.3, 0.4) is 0 Å². The van der Waals surface area contributed by atoms with Gasteiger partial charge in [0, 0.05) is 18.7 Å². The minimum Gasteiger partial charge on any atom is -0.462 e. The number of carbonyl (C=O) groups is 1. The molecule has 0 aliphatic rings. The first kappa shape index (κ1) is 14.1. The Bertz CT molecular complexity index is 415. The standard InChI is InChI=1S/C12H16N2O4/c1-13(2)8-3-9-18-12(15)10-4-6-11(7-5-10)14(16)17/h4-7H,3,8-9H2,1-2H3. The summed E-state index contributed by atoms with van der Waals surface area (Å²) in [6, 6.07) is 5.37. The monoisotopic (exact) mass is 252 g/mol. The zero-order valence-corrected chi connectivity index (χ0v) is 10.5. The van der Waals surface area contributed by atoms with E-state index in [0.717, 1.165) is 13.0 Å². The molecule has 1 rings (SSSR count). The molecule has 0 saturated carbocycles. The van der Waals surface area contributed by atoms with Gasteiger partial charge in [0.15, 0.2) is 0 Å². The lowest BCUT2D eigenvalue weighted by molar-refractivity contribution is -0.384. The van der Waals surface area contributed by atoms with Crippen LogP contribution in [0, 0.1) is 10.1 Å². The molecule has 0 N–H and O–H groups in total. The van der Waals surface area contributed by atoms with Gasteiger partial charge in [-0.1, -0.05) is 0 Å². The third-order valence-electron chi connectivity index (χ3n) is 2.30. The van der Waals surface area contributed by atoms with Gasteiger partial charge in [-0.25, -0.2) is 4.79 Å². The molecule has 0 heterocycles. The first-order valence-electron chi connectivity index (χ1n) is 5.57. The van der Waals surface area contributed by atoms with Crippen LogP contribution >= 0.6 is 0 Å². The highest BCUT2D eigenvalue weighted by atomic mass is 16.6. The van der Waals surface area contributed by atoms with Crippen molar-refractivity contribution in [3.8, 4) is 0 Å². The molecule has 6 heteroatoms. The Kier molecular flexibility index (Phi) is 5.26. The second-order valence-electron chi connectivity index (χ2n) is 4.10.